The summed E-state index contributed by atoms with van der Waals surface area (Å²) in [5.74, 6) is 0. The number of nitrogens with one attached hydrogen (secondary N) is 1. The molecule has 0 aliphatic rings. The molecule has 0 atom stereocenters. The highest BCUT2D eigenvalue weighted by molar-refractivity contribution is 4.99. The first-order valence-electron chi connectivity index (χ1n) is 5.73. The molecule has 1 N–H and O–H groups in total. The minimum Gasteiger partial charge on any atom is -0.310 e. The largest absolute Gasteiger partial charge is 0.347 e. The van der Waals surface area contributed by atoms with E-state index in [0.717, 1.165) is 18.5 Å². The van der Waals surface area contributed by atoms with E-state index in [1.807, 2.05) is 13.1 Å². The third kappa shape index (κ3) is 3.77. The van der Waals surface area contributed by atoms with Gasteiger partial charge in [0.1, 0.15) is 0 Å². The van der Waals surface area contributed by atoms with Gasteiger partial charge in [0.15, 0.2) is 0 Å². The first-order chi connectivity index (χ1) is 7.44. The smallest absolute Gasteiger partial charge is 0.310 e. The van der Waals surface area contributed by atoms with Gasteiger partial charge in [-0.1, -0.05) is 6.92 Å². The van der Waals surface area contributed by atoms with Gasteiger partial charge in [0.05, 0.1) is 0 Å². The lowest BCUT2D eigenvalue weighted by molar-refractivity contribution is 0.366. The van der Waals surface area contributed by atoms with Crippen molar-refractivity contribution in [1.82, 2.24) is 14.9 Å². The molecule has 1 aromatic heterocycles. The average molecular weight is 223 g/mol. The molecule has 4 nitrogen and oxygen atoms in total. The topological polar surface area (TPSA) is 46.9 Å². The van der Waals surface area contributed by atoms with E-state index in [-0.39, 0.29) is 11.2 Å². The summed E-state index contributed by atoms with van der Waals surface area (Å²) < 4.78 is 1.65. The fourth-order valence-corrected chi connectivity index (χ4v) is 1.37. The van der Waals surface area contributed by atoms with Crippen molar-refractivity contribution in [2.75, 3.05) is 6.54 Å². The van der Waals surface area contributed by atoms with Gasteiger partial charge in [0.2, 0.25) is 0 Å². The summed E-state index contributed by atoms with van der Waals surface area (Å²) in [4.78, 5) is 15.2. The summed E-state index contributed by atoms with van der Waals surface area (Å²) in [6, 6.07) is 0. The summed E-state index contributed by atoms with van der Waals surface area (Å²) in [7, 11) is 0. The highest BCUT2D eigenvalue weighted by Gasteiger charge is 2.12. The summed E-state index contributed by atoms with van der Waals surface area (Å²) in [6.07, 6.45) is 4.51. The molecule has 1 heterocycles. The molecule has 1 aromatic rings. The zero-order valence-corrected chi connectivity index (χ0v) is 10.6. The molecule has 90 valence electrons. The molecule has 0 radical (unpaired) electrons. The van der Waals surface area contributed by atoms with Crippen molar-refractivity contribution in [2.24, 2.45) is 0 Å². The zero-order valence-electron chi connectivity index (χ0n) is 10.6. The van der Waals surface area contributed by atoms with Gasteiger partial charge in [0, 0.05) is 31.0 Å². The van der Waals surface area contributed by atoms with Gasteiger partial charge >= 0.3 is 5.69 Å². The molecule has 1 rings (SSSR count). The first kappa shape index (κ1) is 12.9. The number of nitrogens with zero attached hydrogens (tertiary/aromatic N) is 2. The highest BCUT2D eigenvalue weighted by Crippen LogP contribution is 2.05. The van der Waals surface area contributed by atoms with Crippen LogP contribution in [0.25, 0.3) is 0 Å². The summed E-state index contributed by atoms with van der Waals surface area (Å²) in [5, 5.41) is 3.42. The normalized spacial score (nSPS) is 11.8. The Hall–Kier alpha value is -1.16. The van der Waals surface area contributed by atoms with Gasteiger partial charge in [-0.2, -0.15) is 0 Å². The van der Waals surface area contributed by atoms with Gasteiger partial charge in [-0.15, -0.1) is 0 Å². The molecule has 4 heteroatoms. The van der Waals surface area contributed by atoms with Crippen LogP contribution in [0.2, 0.25) is 0 Å². The first-order valence-corrected chi connectivity index (χ1v) is 5.73. The Kier molecular flexibility index (Phi) is 4.24. The van der Waals surface area contributed by atoms with Crippen LogP contribution in [0.4, 0.5) is 0 Å². The Labute approximate surface area is 96.7 Å². The summed E-state index contributed by atoms with van der Waals surface area (Å²) in [6.45, 7) is 9.84. The second-order valence-electron chi connectivity index (χ2n) is 4.77. The molecular weight excluding hydrogens is 202 g/mol. The molecule has 0 aliphatic carbocycles. The third-order valence-corrected chi connectivity index (χ3v) is 2.82. The molecule has 0 spiro atoms. The predicted octanol–water partition coefficient (Wildman–Crippen LogP) is 1.33. The van der Waals surface area contributed by atoms with Crippen molar-refractivity contribution in [3.05, 3.63) is 28.4 Å². The third-order valence-electron chi connectivity index (χ3n) is 2.82. The number of aromatic nitrogens is 2. The van der Waals surface area contributed by atoms with Crippen LogP contribution in [0.5, 0.6) is 0 Å². The number of aryl methyl sites for hydroxylation is 1. The van der Waals surface area contributed by atoms with Crippen molar-refractivity contribution in [3.63, 3.8) is 0 Å². The molecule has 0 bridgehead atoms. The summed E-state index contributed by atoms with van der Waals surface area (Å²) in [5.41, 5.74) is 0.956. The molecule has 0 aromatic carbocycles. The van der Waals surface area contributed by atoms with E-state index in [4.69, 9.17) is 0 Å². The van der Waals surface area contributed by atoms with Gasteiger partial charge in [-0.05, 0) is 32.8 Å². The van der Waals surface area contributed by atoms with Crippen LogP contribution in [0.3, 0.4) is 0 Å². The number of hydrogen-bond acceptors (Lipinski definition) is 3. The maximum atomic E-state index is 11.4. The van der Waals surface area contributed by atoms with E-state index in [1.54, 1.807) is 10.8 Å². The maximum absolute atomic E-state index is 11.4. The second-order valence-corrected chi connectivity index (χ2v) is 4.77. The number of rotatable bonds is 5. The Morgan fingerprint density at radius 3 is 2.81 bits per heavy atom. The van der Waals surface area contributed by atoms with E-state index in [2.05, 4.69) is 31.1 Å². The van der Waals surface area contributed by atoms with E-state index < -0.39 is 0 Å². The van der Waals surface area contributed by atoms with Crippen molar-refractivity contribution < 1.29 is 0 Å². The van der Waals surface area contributed by atoms with Crippen molar-refractivity contribution in [3.8, 4) is 0 Å². The minimum atomic E-state index is -0.179. The minimum absolute atomic E-state index is 0.126. The monoisotopic (exact) mass is 223 g/mol. The quantitative estimate of drug-likeness (QED) is 0.819. The molecule has 0 aliphatic heterocycles. The Bertz CT molecular complexity index is 395. The van der Waals surface area contributed by atoms with Gasteiger partial charge in [0.25, 0.3) is 0 Å². The van der Waals surface area contributed by atoms with E-state index >= 15 is 0 Å². The SMILES string of the molecule is CCC(C)(C)NCCn1cc(C)cnc1=O. The number of hydrogen-bond donors (Lipinski definition) is 1. The highest BCUT2D eigenvalue weighted by atomic mass is 16.1. The van der Waals surface area contributed by atoms with Gasteiger partial charge in [-0.25, -0.2) is 9.78 Å². The average Bonchev–Trinajstić information content (AvgIpc) is 2.23. The van der Waals surface area contributed by atoms with Crippen LogP contribution in [0, 0.1) is 6.92 Å². The predicted molar refractivity (Wildman–Crippen MR) is 65.6 cm³/mol. The van der Waals surface area contributed by atoms with E-state index in [0.29, 0.717) is 6.54 Å². The zero-order chi connectivity index (χ0) is 12.2. The van der Waals surface area contributed by atoms with Crippen molar-refractivity contribution >= 4 is 0 Å². The Balaban J connectivity index is 2.55. The lowest BCUT2D eigenvalue weighted by Crippen LogP contribution is -2.41. The van der Waals surface area contributed by atoms with Crippen LogP contribution < -0.4 is 11.0 Å². The molecule has 0 saturated carbocycles. The molecule has 0 saturated heterocycles. The maximum Gasteiger partial charge on any atom is 0.347 e. The van der Waals surface area contributed by atoms with E-state index in [1.165, 1.54) is 0 Å². The lowest BCUT2D eigenvalue weighted by atomic mass is 10.0. The van der Waals surface area contributed by atoms with Crippen molar-refractivity contribution in [1.29, 1.82) is 0 Å². The lowest BCUT2D eigenvalue weighted by Gasteiger charge is -2.24. The van der Waals surface area contributed by atoms with Crippen LogP contribution >= 0.6 is 0 Å². The van der Waals surface area contributed by atoms with Gasteiger partial charge < -0.3 is 5.32 Å². The molecule has 0 fully saturated rings. The summed E-state index contributed by atoms with van der Waals surface area (Å²) >= 11 is 0. The van der Waals surface area contributed by atoms with Gasteiger partial charge in [-0.3, -0.25) is 4.57 Å². The molecule has 16 heavy (non-hydrogen) atoms. The molecule has 0 unspecified atom stereocenters. The second kappa shape index (κ2) is 5.25. The van der Waals surface area contributed by atoms with Crippen LogP contribution in [-0.2, 0) is 6.54 Å². The van der Waals surface area contributed by atoms with Crippen LogP contribution in [0.15, 0.2) is 17.2 Å². The fourth-order valence-electron chi connectivity index (χ4n) is 1.37. The van der Waals surface area contributed by atoms with Crippen LogP contribution in [0.1, 0.15) is 32.8 Å². The fraction of sp³-hybridized carbons (Fsp3) is 0.667. The van der Waals surface area contributed by atoms with Crippen LogP contribution in [-0.4, -0.2) is 21.6 Å². The van der Waals surface area contributed by atoms with E-state index in [9.17, 15) is 4.79 Å². The Morgan fingerprint density at radius 1 is 1.50 bits per heavy atom. The standard InChI is InChI=1S/C12H21N3O/c1-5-12(3,4)14-6-7-15-9-10(2)8-13-11(15)16/h8-9,14H,5-7H2,1-4H3. The molecule has 0 amide bonds. The molecular formula is C12H21N3O. The Morgan fingerprint density at radius 2 is 2.19 bits per heavy atom. The van der Waals surface area contributed by atoms with Crippen molar-refractivity contribution in [2.45, 2.75) is 46.2 Å².